The van der Waals surface area contributed by atoms with Crippen LogP contribution >= 0.6 is 0 Å². The van der Waals surface area contributed by atoms with Gasteiger partial charge in [0.25, 0.3) is 0 Å². The van der Waals surface area contributed by atoms with Gasteiger partial charge in [0.05, 0.1) is 37.3 Å². The number of nitrogens with one attached hydrogen (secondary N) is 1. The fraction of sp³-hybridized carbons (Fsp3) is 0.500. The second-order valence-corrected chi connectivity index (χ2v) is 13.6. The molecule has 0 aromatic heterocycles. The van der Waals surface area contributed by atoms with Crippen molar-refractivity contribution in [2.45, 2.75) is 77.6 Å². The summed E-state index contributed by atoms with van der Waals surface area (Å²) in [7, 11) is 0. The SMILES string of the molecule is CCCCOCC(O)COc1ccc(C2=CN(c3ccc(OCC(O)COCCCC)cc3O)NC(c3ccc(OCC(O)COCCCC)cc3O)=N2)c(O)c1. The van der Waals surface area contributed by atoms with Crippen LogP contribution in [0.15, 0.2) is 65.8 Å². The molecule has 1 aliphatic heterocycles. The zero-order chi connectivity index (χ0) is 41.0. The predicted octanol–water partition coefficient (Wildman–Crippen LogP) is 5.24. The van der Waals surface area contributed by atoms with E-state index in [4.69, 9.17) is 33.4 Å². The third-order valence-electron chi connectivity index (χ3n) is 8.57. The second-order valence-electron chi connectivity index (χ2n) is 13.6. The number of ether oxygens (including phenoxy) is 6. The molecule has 0 spiro atoms. The Balaban J connectivity index is 1.54. The Morgan fingerprint density at radius 2 is 0.982 bits per heavy atom. The Morgan fingerprint density at radius 1 is 0.561 bits per heavy atom. The lowest BCUT2D eigenvalue weighted by atomic mass is 10.1. The number of amidine groups is 1. The summed E-state index contributed by atoms with van der Waals surface area (Å²) in [5.74, 6) is 0.562. The zero-order valence-corrected chi connectivity index (χ0v) is 33.1. The van der Waals surface area contributed by atoms with E-state index in [2.05, 4.69) is 26.2 Å². The third kappa shape index (κ3) is 14.9. The molecule has 3 aromatic rings. The summed E-state index contributed by atoms with van der Waals surface area (Å²) in [5.41, 5.74) is 4.22. The number of unbranched alkanes of at least 4 members (excludes halogenated alkanes) is 3. The molecule has 3 aromatic carbocycles. The average Bonchev–Trinajstić information content (AvgIpc) is 3.20. The van der Waals surface area contributed by atoms with Crippen molar-refractivity contribution in [2.24, 2.45) is 4.99 Å². The van der Waals surface area contributed by atoms with Crippen molar-refractivity contribution in [2.75, 3.05) is 64.5 Å². The lowest BCUT2D eigenvalue weighted by molar-refractivity contribution is 0.0113. The van der Waals surface area contributed by atoms with Crippen LogP contribution < -0.4 is 24.6 Å². The minimum absolute atomic E-state index is 0.0386. The number of nitrogens with zero attached hydrogens (tertiary/aromatic N) is 2. The number of anilines is 1. The van der Waals surface area contributed by atoms with Crippen LogP contribution in [-0.2, 0) is 14.2 Å². The Kier molecular flexibility index (Phi) is 19.0. The van der Waals surface area contributed by atoms with Gasteiger partial charge in [-0.15, -0.1) is 0 Å². The first-order valence-corrected chi connectivity index (χ1v) is 19.6. The Bertz CT molecular complexity index is 1720. The quantitative estimate of drug-likeness (QED) is 0.0493. The van der Waals surface area contributed by atoms with Crippen LogP contribution in [0.5, 0.6) is 34.5 Å². The van der Waals surface area contributed by atoms with Gasteiger partial charge in [-0.05, 0) is 55.7 Å². The van der Waals surface area contributed by atoms with Crippen molar-refractivity contribution >= 4 is 17.2 Å². The van der Waals surface area contributed by atoms with Gasteiger partial charge in [-0.25, -0.2) is 4.99 Å². The highest BCUT2D eigenvalue weighted by Gasteiger charge is 2.24. The van der Waals surface area contributed by atoms with Crippen LogP contribution in [0.25, 0.3) is 5.70 Å². The summed E-state index contributed by atoms with van der Waals surface area (Å²) in [4.78, 5) is 4.72. The molecule has 1 aliphatic rings. The second kappa shape index (κ2) is 24.1. The topological polar surface area (TPSA) is 204 Å². The van der Waals surface area contributed by atoms with E-state index in [-0.39, 0.29) is 79.7 Å². The number of aromatic hydroxyl groups is 3. The van der Waals surface area contributed by atoms with Crippen molar-refractivity contribution in [1.82, 2.24) is 5.43 Å². The first kappa shape index (κ1) is 44.9. The molecule has 0 aliphatic carbocycles. The van der Waals surface area contributed by atoms with Gasteiger partial charge in [-0.2, -0.15) is 0 Å². The molecule has 15 nitrogen and oxygen atoms in total. The largest absolute Gasteiger partial charge is 0.507 e. The molecular weight excluding hydrogens is 738 g/mol. The molecule has 4 rings (SSSR count). The highest BCUT2D eigenvalue weighted by Crippen LogP contribution is 2.37. The molecule has 314 valence electrons. The van der Waals surface area contributed by atoms with Crippen molar-refractivity contribution in [1.29, 1.82) is 0 Å². The van der Waals surface area contributed by atoms with Crippen LogP contribution in [0, 0.1) is 0 Å². The van der Waals surface area contributed by atoms with Gasteiger partial charge in [-0.1, -0.05) is 40.0 Å². The van der Waals surface area contributed by atoms with Crippen molar-refractivity contribution in [3.05, 3.63) is 71.9 Å². The van der Waals surface area contributed by atoms with Gasteiger partial charge < -0.3 is 59.1 Å². The van der Waals surface area contributed by atoms with Gasteiger partial charge in [0.15, 0.2) is 5.84 Å². The molecular formula is C42H59N3O12. The molecule has 3 atom stereocenters. The van der Waals surface area contributed by atoms with Gasteiger partial charge in [-0.3, -0.25) is 10.4 Å². The van der Waals surface area contributed by atoms with Crippen LogP contribution in [-0.4, -0.2) is 114 Å². The summed E-state index contributed by atoms with van der Waals surface area (Å²) in [6, 6.07) is 13.9. The number of rotatable bonds is 27. The molecule has 3 unspecified atom stereocenters. The lowest BCUT2D eigenvalue weighted by Crippen LogP contribution is -2.41. The first-order valence-electron chi connectivity index (χ1n) is 19.6. The third-order valence-corrected chi connectivity index (χ3v) is 8.57. The number of aliphatic imine (C=N–C) groups is 1. The van der Waals surface area contributed by atoms with Crippen LogP contribution in [0.4, 0.5) is 5.69 Å². The summed E-state index contributed by atoms with van der Waals surface area (Å²) >= 11 is 0. The molecule has 0 bridgehead atoms. The van der Waals surface area contributed by atoms with Gasteiger partial charge >= 0.3 is 0 Å². The first-order chi connectivity index (χ1) is 27.6. The zero-order valence-electron chi connectivity index (χ0n) is 33.1. The smallest absolute Gasteiger partial charge is 0.156 e. The number of hydrogen-bond acceptors (Lipinski definition) is 15. The Labute approximate surface area is 334 Å². The Morgan fingerprint density at radius 3 is 1.40 bits per heavy atom. The molecule has 57 heavy (non-hydrogen) atoms. The van der Waals surface area contributed by atoms with E-state index in [0.717, 1.165) is 38.5 Å². The molecule has 0 radical (unpaired) electrons. The number of hydrogen-bond donors (Lipinski definition) is 7. The minimum atomic E-state index is -0.854. The predicted molar refractivity (Wildman–Crippen MR) is 216 cm³/mol. The van der Waals surface area contributed by atoms with Crippen LogP contribution in [0.1, 0.15) is 70.4 Å². The van der Waals surface area contributed by atoms with E-state index < -0.39 is 18.3 Å². The monoisotopic (exact) mass is 797 g/mol. The maximum atomic E-state index is 11.2. The van der Waals surface area contributed by atoms with Crippen molar-refractivity contribution in [3.8, 4) is 34.5 Å². The molecule has 0 saturated heterocycles. The molecule has 0 fully saturated rings. The fourth-order valence-electron chi connectivity index (χ4n) is 5.36. The van der Waals surface area contributed by atoms with Crippen molar-refractivity contribution < 1.29 is 59.1 Å². The Hall–Kier alpha value is -4.77. The maximum absolute atomic E-state index is 11.2. The van der Waals surface area contributed by atoms with E-state index in [0.29, 0.717) is 42.6 Å². The van der Waals surface area contributed by atoms with Crippen LogP contribution in [0.3, 0.4) is 0 Å². The van der Waals surface area contributed by atoms with E-state index in [1.165, 1.54) is 23.2 Å². The molecule has 15 heteroatoms. The van der Waals surface area contributed by atoms with Gasteiger partial charge in [0, 0.05) is 43.6 Å². The average molecular weight is 798 g/mol. The normalized spacial score (nSPS) is 14.3. The molecule has 1 heterocycles. The number of aliphatic hydroxyl groups excluding tert-OH is 3. The van der Waals surface area contributed by atoms with E-state index >= 15 is 0 Å². The standard InChI is InChI=1S/C42H59N3O12/c1-4-7-16-52-23-29(46)26-55-32-10-13-35(39(49)19-32)37-22-45(38-15-12-34(21-41(38)51)57-28-31(48)25-54-18-9-6-3)44-42(43-37)36-14-11-33(20-40(36)50)56-27-30(47)24-53-17-8-5-2/h10-15,19-22,29-31,46-51H,4-9,16-18,23-28H2,1-3H3,(H,43,44). The fourth-order valence-corrected chi connectivity index (χ4v) is 5.36. The van der Waals surface area contributed by atoms with E-state index in [1.807, 2.05) is 0 Å². The highest BCUT2D eigenvalue weighted by atomic mass is 16.5. The minimum Gasteiger partial charge on any atom is -0.507 e. The highest BCUT2D eigenvalue weighted by molar-refractivity contribution is 6.06. The van der Waals surface area contributed by atoms with Gasteiger partial charge in [0.2, 0.25) is 0 Å². The summed E-state index contributed by atoms with van der Waals surface area (Å²) in [6.07, 6.45) is 4.66. The number of aliphatic hydroxyl groups is 3. The number of benzene rings is 3. The lowest BCUT2D eigenvalue weighted by Gasteiger charge is -2.29. The summed E-state index contributed by atoms with van der Waals surface area (Å²) in [6.45, 7) is 8.09. The molecule has 0 saturated carbocycles. The number of phenols is 3. The number of hydrazine groups is 1. The summed E-state index contributed by atoms with van der Waals surface area (Å²) < 4.78 is 33.5. The summed E-state index contributed by atoms with van der Waals surface area (Å²) in [5, 5.41) is 65.7. The molecule has 0 amide bonds. The van der Waals surface area contributed by atoms with Gasteiger partial charge in [0.1, 0.15) is 78.3 Å². The van der Waals surface area contributed by atoms with E-state index in [9.17, 15) is 30.6 Å². The van der Waals surface area contributed by atoms with Crippen LogP contribution in [0.2, 0.25) is 0 Å². The van der Waals surface area contributed by atoms with Crippen molar-refractivity contribution in [3.63, 3.8) is 0 Å². The number of phenolic OH excluding ortho intramolecular Hbond substituents is 3. The maximum Gasteiger partial charge on any atom is 0.156 e. The molecule has 7 N–H and O–H groups in total. The van der Waals surface area contributed by atoms with E-state index in [1.54, 1.807) is 42.6 Å².